The van der Waals surface area contributed by atoms with Crippen molar-refractivity contribution >= 4 is 15.9 Å². The third kappa shape index (κ3) is 3.30. The van der Waals surface area contributed by atoms with Crippen LogP contribution >= 0.6 is 15.9 Å². The second kappa shape index (κ2) is 5.46. The van der Waals surface area contributed by atoms with Gasteiger partial charge in [0.15, 0.2) is 0 Å². The van der Waals surface area contributed by atoms with E-state index in [0.29, 0.717) is 11.1 Å². The second-order valence-electron chi connectivity index (χ2n) is 5.24. The molecule has 1 unspecified atom stereocenters. The first-order chi connectivity index (χ1) is 9.62. The van der Waals surface area contributed by atoms with Gasteiger partial charge < -0.3 is 5.73 Å². The average Bonchev–Trinajstić information content (AvgIpc) is 2.37. The standard InChI is InChI=1S/C16H15BrF3N/c1-10-8-12(16(18,19)20)6-7-14(10)15(2,21)11-4-3-5-13(17)9-11/h3-9H,21H2,1-2H3. The molecule has 1 atom stereocenters. The third-order valence-electron chi connectivity index (χ3n) is 3.54. The molecule has 0 bridgehead atoms. The lowest BCUT2D eigenvalue weighted by Crippen LogP contribution is -2.35. The van der Waals surface area contributed by atoms with Gasteiger partial charge in [0, 0.05) is 4.47 Å². The van der Waals surface area contributed by atoms with E-state index in [-0.39, 0.29) is 0 Å². The van der Waals surface area contributed by atoms with Crippen LogP contribution in [0.5, 0.6) is 0 Å². The fraction of sp³-hybridized carbons (Fsp3) is 0.250. The van der Waals surface area contributed by atoms with E-state index in [1.165, 1.54) is 6.07 Å². The number of halogens is 4. The van der Waals surface area contributed by atoms with Gasteiger partial charge in [-0.05, 0) is 54.8 Å². The van der Waals surface area contributed by atoms with E-state index in [9.17, 15) is 13.2 Å². The molecule has 2 aromatic carbocycles. The van der Waals surface area contributed by atoms with Crippen molar-refractivity contribution in [2.45, 2.75) is 25.6 Å². The quantitative estimate of drug-likeness (QED) is 0.804. The molecule has 0 aliphatic rings. The van der Waals surface area contributed by atoms with Gasteiger partial charge in [-0.1, -0.05) is 34.1 Å². The van der Waals surface area contributed by atoms with Crippen LogP contribution in [0.4, 0.5) is 13.2 Å². The molecule has 2 N–H and O–H groups in total. The van der Waals surface area contributed by atoms with E-state index in [0.717, 1.165) is 22.2 Å². The Labute approximate surface area is 130 Å². The first-order valence-corrected chi connectivity index (χ1v) is 7.15. The molecule has 0 aliphatic heterocycles. The minimum atomic E-state index is -4.34. The maximum atomic E-state index is 12.7. The highest BCUT2D eigenvalue weighted by molar-refractivity contribution is 9.10. The van der Waals surface area contributed by atoms with Crippen molar-refractivity contribution in [3.63, 3.8) is 0 Å². The van der Waals surface area contributed by atoms with Crippen LogP contribution in [-0.2, 0) is 11.7 Å². The summed E-state index contributed by atoms with van der Waals surface area (Å²) >= 11 is 3.38. The van der Waals surface area contributed by atoms with Crippen molar-refractivity contribution in [2.24, 2.45) is 5.73 Å². The van der Waals surface area contributed by atoms with Gasteiger partial charge in [0.1, 0.15) is 0 Å². The molecular formula is C16H15BrF3N. The van der Waals surface area contributed by atoms with E-state index in [1.54, 1.807) is 13.8 Å². The Bertz CT molecular complexity index is 663. The van der Waals surface area contributed by atoms with Gasteiger partial charge in [-0.15, -0.1) is 0 Å². The molecule has 0 saturated carbocycles. The summed E-state index contributed by atoms with van der Waals surface area (Å²) in [6.45, 7) is 3.44. The van der Waals surface area contributed by atoms with Crippen LogP contribution in [0.1, 0.15) is 29.2 Å². The molecule has 0 amide bonds. The van der Waals surface area contributed by atoms with Crippen LogP contribution in [0, 0.1) is 6.92 Å². The van der Waals surface area contributed by atoms with E-state index >= 15 is 0 Å². The Hall–Kier alpha value is -1.33. The van der Waals surface area contributed by atoms with Gasteiger partial charge in [0.25, 0.3) is 0 Å². The molecule has 5 heteroatoms. The summed E-state index contributed by atoms with van der Waals surface area (Å²) in [5, 5.41) is 0. The lowest BCUT2D eigenvalue weighted by molar-refractivity contribution is -0.137. The largest absolute Gasteiger partial charge is 0.416 e. The van der Waals surface area contributed by atoms with E-state index < -0.39 is 17.3 Å². The van der Waals surface area contributed by atoms with Gasteiger partial charge in [-0.3, -0.25) is 0 Å². The predicted molar refractivity (Wildman–Crippen MR) is 81.0 cm³/mol. The molecule has 0 aromatic heterocycles. The zero-order valence-electron chi connectivity index (χ0n) is 11.6. The van der Waals surface area contributed by atoms with Crippen molar-refractivity contribution in [3.8, 4) is 0 Å². The van der Waals surface area contributed by atoms with Crippen molar-refractivity contribution in [1.29, 1.82) is 0 Å². The summed E-state index contributed by atoms with van der Waals surface area (Å²) in [7, 11) is 0. The van der Waals surface area contributed by atoms with Gasteiger partial charge in [0.05, 0.1) is 11.1 Å². The number of benzene rings is 2. The molecule has 0 radical (unpaired) electrons. The summed E-state index contributed by atoms with van der Waals surface area (Å²) in [5.41, 5.74) is 6.90. The third-order valence-corrected chi connectivity index (χ3v) is 4.03. The Morgan fingerprint density at radius 2 is 1.67 bits per heavy atom. The molecule has 1 nitrogen and oxygen atoms in total. The Morgan fingerprint density at radius 3 is 2.19 bits per heavy atom. The predicted octanol–water partition coefficient (Wildman–Crippen LogP) is 5.00. The van der Waals surface area contributed by atoms with Gasteiger partial charge in [0.2, 0.25) is 0 Å². The fourth-order valence-electron chi connectivity index (χ4n) is 2.39. The second-order valence-corrected chi connectivity index (χ2v) is 6.16. The Morgan fingerprint density at radius 1 is 1.00 bits per heavy atom. The molecule has 2 aromatic rings. The smallest absolute Gasteiger partial charge is 0.318 e. The van der Waals surface area contributed by atoms with E-state index in [1.807, 2.05) is 24.3 Å². The Balaban J connectivity index is 2.50. The summed E-state index contributed by atoms with van der Waals surface area (Å²) in [5.74, 6) is 0. The number of aryl methyl sites for hydroxylation is 1. The molecular weight excluding hydrogens is 343 g/mol. The lowest BCUT2D eigenvalue weighted by Gasteiger charge is -2.28. The highest BCUT2D eigenvalue weighted by atomic mass is 79.9. The minimum absolute atomic E-state index is 0.523. The number of hydrogen-bond donors (Lipinski definition) is 1. The van der Waals surface area contributed by atoms with Crippen molar-refractivity contribution in [3.05, 3.63) is 69.2 Å². The molecule has 0 heterocycles. The van der Waals surface area contributed by atoms with Crippen LogP contribution in [0.25, 0.3) is 0 Å². The summed E-state index contributed by atoms with van der Waals surface area (Å²) in [6.07, 6.45) is -4.34. The average molecular weight is 358 g/mol. The zero-order chi connectivity index (χ0) is 15.8. The first kappa shape index (κ1) is 16.0. The highest BCUT2D eigenvalue weighted by Crippen LogP contribution is 2.35. The molecule has 0 aliphatic carbocycles. The van der Waals surface area contributed by atoms with Crippen LogP contribution in [0.2, 0.25) is 0 Å². The van der Waals surface area contributed by atoms with Gasteiger partial charge >= 0.3 is 6.18 Å². The van der Waals surface area contributed by atoms with Crippen molar-refractivity contribution < 1.29 is 13.2 Å². The zero-order valence-corrected chi connectivity index (χ0v) is 13.2. The molecule has 21 heavy (non-hydrogen) atoms. The minimum Gasteiger partial charge on any atom is -0.318 e. The maximum absolute atomic E-state index is 12.7. The molecule has 0 fully saturated rings. The number of alkyl halides is 3. The van der Waals surface area contributed by atoms with Crippen molar-refractivity contribution in [2.75, 3.05) is 0 Å². The first-order valence-electron chi connectivity index (χ1n) is 6.35. The normalized spacial score (nSPS) is 14.8. The summed E-state index contributed by atoms with van der Waals surface area (Å²) < 4.78 is 39.1. The van der Waals surface area contributed by atoms with Crippen molar-refractivity contribution in [1.82, 2.24) is 0 Å². The van der Waals surface area contributed by atoms with Crippen LogP contribution in [0.15, 0.2) is 46.9 Å². The molecule has 112 valence electrons. The topological polar surface area (TPSA) is 26.0 Å². The Kier molecular flexibility index (Phi) is 4.17. The van der Waals surface area contributed by atoms with Crippen LogP contribution in [0.3, 0.4) is 0 Å². The van der Waals surface area contributed by atoms with Gasteiger partial charge in [-0.25, -0.2) is 0 Å². The lowest BCUT2D eigenvalue weighted by atomic mass is 9.83. The van der Waals surface area contributed by atoms with E-state index in [4.69, 9.17) is 5.73 Å². The number of hydrogen-bond acceptors (Lipinski definition) is 1. The molecule has 0 spiro atoms. The highest BCUT2D eigenvalue weighted by Gasteiger charge is 2.32. The van der Waals surface area contributed by atoms with E-state index in [2.05, 4.69) is 15.9 Å². The number of rotatable bonds is 2. The molecule has 0 saturated heterocycles. The maximum Gasteiger partial charge on any atom is 0.416 e. The fourth-order valence-corrected chi connectivity index (χ4v) is 2.79. The summed E-state index contributed by atoms with van der Waals surface area (Å²) in [4.78, 5) is 0. The number of nitrogens with two attached hydrogens (primary N) is 1. The SMILES string of the molecule is Cc1cc(C(F)(F)F)ccc1C(C)(N)c1cccc(Br)c1. The van der Waals surface area contributed by atoms with Gasteiger partial charge in [-0.2, -0.15) is 13.2 Å². The van der Waals surface area contributed by atoms with Crippen LogP contribution < -0.4 is 5.73 Å². The summed E-state index contributed by atoms with van der Waals surface area (Å²) in [6, 6.07) is 11.1. The molecule has 2 rings (SSSR count). The monoisotopic (exact) mass is 357 g/mol. The van der Waals surface area contributed by atoms with Crippen LogP contribution in [-0.4, -0.2) is 0 Å².